The highest BCUT2D eigenvalue weighted by molar-refractivity contribution is 5.91. The second-order valence-corrected chi connectivity index (χ2v) is 3.49. The standard InChI is InChI=1S/C10H14O3/c1-2-7-6-8(10(11)13-7)9-4-3-5-12-9/h7H,2-6H2,1H3/b9-8-. The van der Waals surface area contributed by atoms with Crippen molar-refractivity contribution in [2.75, 3.05) is 6.61 Å². The molecule has 0 amide bonds. The molecule has 0 aromatic heterocycles. The largest absolute Gasteiger partial charge is 0.497 e. The smallest absolute Gasteiger partial charge is 0.337 e. The number of cyclic esters (lactones) is 1. The molecule has 0 aromatic carbocycles. The number of allylic oxidation sites excluding steroid dienone is 1. The molecule has 0 bridgehead atoms. The molecule has 2 aliphatic rings. The van der Waals surface area contributed by atoms with Crippen molar-refractivity contribution in [1.29, 1.82) is 0 Å². The van der Waals surface area contributed by atoms with Crippen LogP contribution in [0.3, 0.4) is 0 Å². The average Bonchev–Trinajstić information content (AvgIpc) is 2.72. The minimum Gasteiger partial charge on any atom is -0.497 e. The van der Waals surface area contributed by atoms with Gasteiger partial charge in [0.25, 0.3) is 0 Å². The van der Waals surface area contributed by atoms with E-state index in [9.17, 15) is 4.79 Å². The number of hydrogen-bond acceptors (Lipinski definition) is 3. The summed E-state index contributed by atoms with van der Waals surface area (Å²) in [4.78, 5) is 11.4. The van der Waals surface area contributed by atoms with Gasteiger partial charge >= 0.3 is 5.97 Å². The molecule has 0 radical (unpaired) electrons. The van der Waals surface area contributed by atoms with Crippen LogP contribution in [0.15, 0.2) is 11.3 Å². The molecule has 3 nitrogen and oxygen atoms in total. The normalized spacial score (nSPS) is 33.3. The van der Waals surface area contributed by atoms with Crippen molar-refractivity contribution in [2.24, 2.45) is 0 Å². The maximum absolute atomic E-state index is 11.4. The van der Waals surface area contributed by atoms with Gasteiger partial charge in [0, 0.05) is 12.8 Å². The average molecular weight is 182 g/mol. The van der Waals surface area contributed by atoms with Gasteiger partial charge in [0.1, 0.15) is 11.9 Å². The molecular weight excluding hydrogens is 168 g/mol. The van der Waals surface area contributed by atoms with Crippen molar-refractivity contribution >= 4 is 5.97 Å². The van der Waals surface area contributed by atoms with Crippen LogP contribution >= 0.6 is 0 Å². The molecule has 0 N–H and O–H groups in total. The summed E-state index contributed by atoms with van der Waals surface area (Å²) >= 11 is 0. The molecule has 0 aliphatic carbocycles. The SMILES string of the molecule is CCC1C/C(=C2\CCCO2)C(=O)O1. The van der Waals surface area contributed by atoms with Crippen LogP contribution in [0.4, 0.5) is 0 Å². The molecule has 2 fully saturated rings. The van der Waals surface area contributed by atoms with E-state index < -0.39 is 0 Å². The summed E-state index contributed by atoms with van der Waals surface area (Å²) in [6, 6.07) is 0. The third kappa shape index (κ3) is 1.55. The molecule has 0 aromatic rings. The first-order valence-corrected chi connectivity index (χ1v) is 4.87. The van der Waals surface area contributed by atoms with E-state index in [1.54, 1.807) is 0 Å². The Balaban J connectivity index is 2.15. The van der Waals surface area contributed by atoms with Gasteiger partial charge in [-0.15, -0.1) is 0 Å². The van der Waals surface area contributed by atoms with Crippen molar-refractivity contribution in [3.05, 3.63) is 11.3 Å². The first-order valence-electron chi connectivity index (χ1n) is 4.87. The zero-order valence-electron chi connectivity index (χ0n) is 7.84. The highest BCUT2D eigenvalue weighted by Crippen LogP contribution is 2.30. The van der Waals surface area contributed by atoms with E-state index in [2.05, 4.69) is 0 Å². The summed E-state index contributed by atoms with van der Waals surface area (Å²) in [6.45, 7) is 2.78. The Morgan fingerprint density at radius 3 is 2.92 bits per heavy atom. The van der Waals surface area contributed by atoms with Crippen LogP contribution < -0.4 is 0 Å². The van der Waals surface area contributed by atoms with Crippen LogP contribution in [0.5, 0.6) is 0 Å². The Bertz CT molecular complexity index is 247. The van der Waals surface area contributed by atoms with Crippen molar-refractivity contribution < 1.29 is 14.3 Å². The van der Waals surface area contributed by atoms with Gasteiger partial charge in [0.05, 0.1) is 12.2 Å². The lowest BCUT2D eigenvalue weighted by Gasteiger charge is -2.01. The Morgan fingerprint density at radius 2 is 2.38 bits per heavy atom. The highest BCUT2D eigenvalue weighted by atomic mass is 16.6. The van der Waals surface area contributed by atoms with Gasteiger partial charge < -0.3 is 9.47 Å². The topological polar surface area (TPSA) is 35.5 Å². The Morgan fingerprint density at radius 1 is 1.54 bits per heavy atom. The predicted octanol–water partition coefficient (Wildman–Crippen LogP) is 1.78. The van der Waals surface area contributed by atoms with Gasteiger partial charge in [-0.25, -0.2) is 4.79 Å². The summed E-state index contributed by atoms with van der Waals surface area (Å²) < 4.78 is 10.5. The maximum atomic E-state index is 11.4. The maximum Gasteiger partial charge on any atom is 0.337 e. The number of carbonyl (C=O) groups is 1. The first-order chi connectivity index (χ1) is 6.31. The molecule has 0 saturated carbocycles. The minimum atomic E-state index is -0.163. The van der Waals surface area contributed by atoms with Crippen LogP contribution in [0, 0.1) is 0 Å². The third-order valence-electron chi connectivity index (χ3n) is 2.57. The molecule has 13 heavy (non-hydrogen) atoms. The minimum absolute atomic E-state index is 0.0826. The van der Waals surface area contributed by atoms with E-state index in [1.165, 1.54) is 0 Å². The molecule has 2 heterocycles. The molecule has 2 saturated heterocycles. The fourth-order valence-corrected chi connectivity index (χ4v) is 1.77. The molecule has 72 valence electrons. The van der Waals surface area contributed by atoms with E-state index in [0.717, 1.165) is 43.6 Å². The van der Waals surface area contributed by atoms with E-state index in [0.29, 0.717) is 0 Å². The lowest BCUT2D eigenvalue weighted by molar-refractivity contribution is -0.139. The molecule has 2 aliphatic heterocycles. The second-order valence-electron chi connectivity index (χ2n) is 3.49. The Kier molecular flexibility index (Phi) is 2.25. The zero-order chi connectivity index (χ0) is 9.26. The van der Waals surface area contributed by atoms with E-state index in [1.807, 2.05) is 6.92 Å². The number of esters is 1. The van der Waals surface area contributed by atoms with Crippen LogP contribution in [0.2, 0.25) is 0 Å². The van der Waals surface area contributed by atoms with Gasteiger partial charge in [-0.3, -0.25) is 0 Å². The summed E-state index contributed by atoms with van der Waals surface area (Å²) in [5.41, 5.74) is 0.782. The molecule has 1 unspecified atom stereocenters. The van der Waals surface area contributed by atoms with Crippen molar-refractivity contribution in [2.45, 2.75) is 38.7 Å². The monoisotopic (exact) mass is 182 g/mol. The van der Waals surface area contributed by atoms with E-state index >= 15 is 0 Å². The first kappa shape index (κ1) is 8.60. The van der Waals surface area contributed by atoms with Gasteiger partial charge in [0.15, 0.2) is 0 Å². The van der Waals surface area contributed by atoms with Crippen LogP contribution in [0.25, 0.3) is 0 Å². The van der Waals surface area contributed by atoms with Crippen LogP contribution in [-0.4, -0.2) is 18.7 Å². The zero-order valence-corrected chi connectivity index (χ0v) is 7.84. The second kappa shape index (κ2) is 3.40. The fraction of sp³-hybridized carbons (Fsp3) is 0.700. The van der Waals surface area contributed by atoms with Crippen LogP contribution in [-0.2, 0) is 14.3 Å². The quantitative estimate of drug-likeness (QED) is 0.458. The highest BCUT2D eigenvalue weighted by Gasteiger charge is 2.32. The molecule has 0 spiro atoms. The van der Waals surface area contributed by atoms with E-state index in [4.69, 9.17) is 9.47 Å². The lowest BCUT2D eigenvalue weighted by Crippen LogP contribution is -2.03. The van der Waals surface area contributed by atoms with Crippen molar-refractivity contribution in [3.63, 3.8) is 0 Å². The number of rotatable bonds is 1. The molecule has 2 rings (SSSR count). The Hall–Kier alpha value is -0.990. The van der Waals surface area contributed by atoms with Gasteiger partial charge in [-0.2, -0.15) is 0 Å². The molecular formula is C10H14O3. The van der Waals surface area contributed by atoms with Gasteiger partial charge in [0.2, 0.25) is 0 Å². The molecule has 1 atom stereocenters. The summed E-state index contributed by atoms with van der Waals surface area (Å²) in [5.74, 6) is 0.713. The Labute approximate surface area is 77.7 Å². The number of ether oxygens (including phenoxy) is 2. The summed E-state index contributed by atoms with van der Waals surface area (Å²) in [5, 5.41) is 0. The van der Waals surface area contributed by atoms with Gasteiger partial charge in [-0.1, -0.05) is 6.92 Å². The predicted molar refractivity (Wildman–Crippen MR) is 47.0 cm³/mol. The van der Waals surface area contributed by atoms with Crippen molar-refractivity contribution in [1.82, 2.24) is 0 Å². The lowest BCUT2D eigenvalue weighted by atomic mass is 10.1. The van der Waals surface area contributed by atoms with E-state index in [-0.39, 0.29) is 12.1 Å². The van der Waals surface area contributed by atoms with Crippen molar-refractivity contribution in [3.8, 4) is 0 Å². The number of hydrogen-bond donors (Lipinski definition) is 0. The van der Waals surface area contributed by atoms with Crippen LogP contribution in [0.1, 0.15) is 32.6 Å². The van der Waals surface area contributed by atoms with Gasteiger partial charge in [-0.05, 0) is 12.8 Å². The number of carbonyl (C=O) groups excluding carboxylic acids is 1. The summed E-state index contributed by atoms with van der Waals surface area (Å²) in [6.07, 6.45) is 3.65. The fourth-order valence-electron chi connectivity index (χ4n) is 1.77. The summed E-state index contributed by atoms with van der Waals surface area (Å²) in [7, 11) is 0. The molecule has 3 heteroatoms. The third-order valence-corrected chi connectivity index (χ3v) is 2.57.